The molecule has 0 bridgehead atoms. The van der Waals surface area contributed by atoms with Crippen molar-refractivity contribution in [3.8, 4) is 0 Å². The second kappa shape index (κ2) is 3.62. The van der Waals surface area contributed by atoms with Gasteiger partial charge in [0.2, 0.25) is 0 Å². The van der Waals surface area contributed by atoms with Crippen LogP contribution in [0.5, 0.6) is 0 Å². The summed E-state index contributed by atoms with van der Waals surface area (Å²) >= 11 is 0. The lowest BCUT2D eigenvalue weighted by atomic mass is 10.2. The van der Waals surface area contributed by atoms with Crippen LogP contribution in [0.4, 0.5) is 0 Å². The fourth-order valence-electron chi connectivity index (χ4n) is 0.841. The first kappa shape index (κ1) is 8.40. The number of hydrogen-bond donors (Lipinski definition) is 1. The Kier molecular flexibility index (Phi) is 2.53. The molecule has 2 N–H and O–H groups in total. The molecule has 0 aliphatic carbocycles. The van der Waals surface area contributed by atoms with E-state index in [0.717, 1.165) is 5.56 Å². The molecule has 0 fully saturated rings. The number of benzene rings is 1. The van der Waals surface area contributed by atoms with Crippen LogP contribution >= 0.6 is 0 Å². The molecule has 0 unspecified atom stereocenters. The zero-order chi connectivity index (χ0) is 8.97. The van der Waals surface area contributed by atoms with E-state index in [-0.39, 0.29) is 5.88 Å². The second-order valence-electron chi connectivity index (χ2n) is 2.36. The van der Waals surface area contributed by atoms with E-state index in [2.05, 4.69) is 13.2 Å². The molecule has 0 saturated heterocycles. The van der Waals surface area contributed by atoms with Gasteiger partial charge in [0.25, 0.3) is 0 Å². The smallest absolute Gasteiger partial charge is 0.183 e. The SMILES string of the molecule is C=C(N)OC(=C)c1ccccc1. The van der Waals surface area contributed by atoms with Crippen molar-refractivity contribution in [3.05, 3.63) is 54.9 Å². The molecule has 0 spiro atoms. The molecule has 1 rings (SSSR count). The Morgan fingerprint density at radius 2 is 1.75 bits per heavy atom. The summed E-state index contributed by atoms with van der Waals surface area (Å²) in [6.07, 6.45) is 0. The third-order valence-electron chi connectivity index (χ3n) is 1.35. The predicted molar refractivity (Wildman–Crippen MR) is 49.9 cm³/mol. The average molecular weight is 161 g/mol. The van der Waals surface area contributed by atoms with Gasteiger partial charge >= 0.3 is 0 Å². The molecule has 0 aromatic heterocycles. The molecule has 0 aliphatic rings. The van der Waals surface area contributed by atoms with Crippen LogP contribution in [0.1, 0.15) is 5.56 Å². The molecule has 0 saturated carbocycles. The van der Waals surface area contributed by atoms with Crippen molar-refractivity contribution in [2.75, 3.05) is 0 Å². The van der Waals surface area contributed by atoms with Gasteiger partial charge in [-0.1, -0.05) is 36.9 Å². The normalized spacial score (nSPS) is 9.00. The summed E-state index contributed by atoms with van der Waals surface area (Å²) in [6, 6.07) is 9.52. The van der Waals surface area contributed by atoms with Crippen molar-refractivity contribution in [1.29, 1.82) is 0 Å². The molecule has 0 heterocycles. The van der Waals surface area contributed by atoms with Crippen molar-refractivity contribution < 1.29 is 4.74 Å². The first-order chi connectivity index (χ1) is 5.70. The van der Waals surface area contributed by atoms with Gasteiger partial charge in [-0.3, -0.25) is 0 Å². The largest absolute Gasteiger partial charge is 0.442 e. The van der Waals surface area contributed by atoms with Gasteiger partial charge in [0, 0.05) is 5.56 Å². The van der Waals surface area contributed by atoms with Crippen LogP contribution in [0.25, 0.3) is 5.76 Å². The van der Waals surface area contributed by atoms with Crippen molar-refractivity contribution in [3.63, 3.8) is 0 Å². The summed E-state index contributed by atoms with van der Waals surface area (Å²) in [6.45, 7) is 7.12. The minimum atomic E-state index is 0.156. The van der Waals surface area contributed by atoms with Crippen LogP contribution in [0.2, 0.25) is 0 Å². The second-order valence-corrected chi connectivity index (χ2v) is 2.36. The standard InChI is InChI=1S/C10H11NO/c1-8(12-9(2)11)10-6-4-3-5-7-10/h3-7H,1-2,11H2. The topological polar surface area (TPSA) is 35.2 Å². The van der Waals surface area contributed by atoms with E-state index in [1.54, 1.807) is 0 Å². The van der Waals surface area contributed by atoms with Gasteiger partial charge in [0.15, 0.2) is 5.88 Å². The van der Waals surface area contributed by atoms with Crippen LogP contribution in [-0.4, -0.2) is 0 Å². The van der Waals surface area contributed by atoms with E-state index >= 15 is 0 Å². The number of ether oxygens (including phenoxy) is 1. The maximum atomic E-state index is 5.25. The van der Waals surface area contributed by atoms with Gasteiger partial charge in [0.05, 0.1) is 0 Å². The van der Waals surface area contributed by atoms with Crippen LogP contribution < -0.4 is 5.73 Å². The van der Waals surface area contributed by atoms with E-state index in [4.69, 9.17) is 10.5 Å². The molecular formula is C10H11NO. The number of nitrogens with two attached hydrogens (primary N) is 1. The van der Waals surface area contributed by atoms with E-state index in [1.165, 1.54) is 0 Å². The van der Waals surface area contributed by atoms with E-state index in [0.29, 0.717) is 5.76 Å². The fourth-order valence-corrected chi connectivity index (χ4v) is 0.841. The molecule has 12 heavy (non-hydrogen) atoms. The van der Waals surface area contributed by atoms with E-state index in [1.807, 2.05) is 30.3 Å². The minimum absolute atomic E-state index is 0.156. The lowest BCUT2D eigenvalue weighted by molar-refractivity contribution is 0.381. The third kappa shape index (κ3) is 2.16. The Hall–Kier alpha value is -1.70. The van der Waals surface area contributed by atoms with Gasteiger partial charge in [-0.2, -0.15) is 0 Å². The summed E-state index contributed by atoms with van der Waals surface area (Å²) in [5.41, 5.74) is 6.16. The van der Waals surface area contributed by atoms with Gasteiger partial charge in [-0.25, -0.2) is 0 Å². The van der Waals surface area contributed by atoms with Crippen molar-refractivity contribution >= 4 is 5.76 Å². The van der Waals surface area contributed by atoms with E-state index in [9.17, 15) is 0 Å². The molecule has 1 aromatic carbocycles. The quantitative estimate of drug-likeness (QED) is 0.689. The molecular weight excluding hydrogens is 150 g/mol. The monoisotopic (exact) mass is 161 g/mol. The summed E-state index contributed by atoms with van der Waals surface area (Å²) < 4.78 is 5.03. The summed E-state index contributed by atoms with van der Waals surface area (Å²) in [4.78, 5) is 0. The molecule has 62 valence electrons. The number of rotatable bonds is 3. The van der Waals surface area contributed by atoms with Crippen molar-refractivity contribution in [1.82, 2.24) is 0 Å². The molecule has 1 aromatic rings. The Balaban J connectivity index is 2.73. The number of hydrogen-bond acceptors (Lipinski definition) is 2. The Morgan fingerprint density at radius 3 is 2.25 bits per heavy atom. The molecule has 2 nitrogen and oxygen atoms in total. The molecule has 0 amide bonds. The van der Waals surface area contributed by atoms with Gasteiger partial charge in [0.1, 0.15) is 5.76 Å². The summed E-state index contributed by atoms with van der Waals surface area (Å²) in [5, 5.41) is 0. The highest BCUT2D eigenvalue weighted by Gasteiger charge is 1.97. The van der Waals surface area contributed by atoms with Gasteiger partial charge in [-0.15, -0.1) is 0 Å². The Labute approximate surface area is 72.0 Å². The average Bonchev–Trinajstić information content (AvgIpc) is 2.05. The van der Waals surface area contributed by atoms with Crippen molar-refractivity contribution in [2.45, 2.75) is 0 Å². The van der Waals surface area contributed by atoms with Gasteiger partial charge in [-0.05, 0) is 6.58 Å². The zero-order valence-electron chi connectivity index (χ0n) is 6.79. The van der Waals surface area contributed by atoms with Crippen LogP contribution in [0.15, 0.2) is 49.4 Å². The Morgan fingerprint density at radius 1 is 1.17 bits per heavy atom. The van der Waals surface area contributed by atoms with E-state index < -0.39 is 0 Å². The van der Waals surface area contributed by atoms with Crippen LogP contribution in [0.3, 0.4) is 0 Å². The zero-order valence-corrected chi connectivity index (χ0v) is 6.79. The Bertz CT molecular complexity index is 290. The molecule has 0 radical (unpaired) electrons. The van der Waals surface area contributed by atoms with Gasteiger partial charge < -0.3 is 10.5 Å². The first-order valence-electron chi connectivity index (χ1n) is 3.56. The highest BCUT2D eigenvalue weighted by Crippen LogP contribution is 2.13. The highest BCUT2D eigenvalue weighted by atomic mass is 16.5. The molecule has 0 atom stereocenters. The maximum absolute atomic E-state index is 5.25. The third-order valence-corrected chi connectivity index (χ3v) is 1.35. The maximum Gasteiger partial charge on any atom is 0.183 e. The van der Waals surface area contributed by atoms with Crippen LogP contribution in [-0.2, 0) is 4.74 Å². The first-order valence-corrected chi connectivity index (χ1v) is 3.56. The predicted octanol–water partition coefficient (Wildman–Crippen LogP) is 2.10. The molecule has 0 aliphatic heterocycles. The van der Waals surface area contributed by atoms with Crippen molar-refractivity contribution in [2.24, 2.45) is 5.73 Å². The summed E-state index contributed by atoms with van der Waals surface area (Å²) in [5.74, 6) is 0.673. The highest BCUT2D eigenvalue weighted by molar-refractivity contribution is 5.57. The lowest BCUT2D eigenvalue weighted by Crippen LogP contribution is -1.99. The lowest BCUT2D eigenvalue weighted by Gasteiger charge is -2.06. The molecule has 2 heteroatoms. The minimum Gasteiger partial charge on any atom is -0.442 e. The fraction of sp³-hybridized carbons (Fsp3) is 0. The summed E-state index contributed by atoms with van der Waals surface area (Å²) in [7, 11) is 0. The van der Waals surface area contributed by atoms with Crippen LogP contribution in [0, 0.1) is 0 Å².